The third kappa shape index (κ3) is 3.29. The molecule has 1 rings (SSSR count). The summed E-state index contributed by atoms with van der Waals surface area (Å²) in [5, 5.41) is 0. The minimum Gasteiger partial charge on any atom is -0.373 e. The number of ether oxygens (including phenoxy) is 1. The largest absolute Gasteiger partial charge is 0.373 e. The van der Waals surface area contributed by atoms with Crippen LogP contribution in [0.25, 0.3) is 0 Å². The molecule has 0 bridgehead atoms. The second kappa shape index (κ2) is 5.78. The summed E-state index contributed by atoms with van der Waals surface area (Å²) in [6, 6.07) is 0. The average Bonchev–Trinajstić information content (AvgIpc) is 2.25. The molecule has 0 amide bonds. The molecular weight excluding hydrogens is 202 g/mol. The molecule has 0 N–H and O–H groups in total. The molecule has 0 aromatic heterocycles. The summed E-state index contributed by atoms with van der Waals surface area (Å²) in [7, 11) is 0. The Morgan fingerprint density at radius 3 is 2.12 bits per heavy atom. The summed E-state index contributed by atoms with van der Waals surface area (Å²) in [6.07, 6.45) is 3.56. The standard InChI is InChI=1S/C13H25NO2/c1-5-13(6-2,10-15)9-14-7-11(3)16-12(4)8-14/h10-12H,5-9H2,1-4H3. The summed E-state index contributed by atoms with van der Waals surface area (Å²) < 4.78 is 5.70. The molecule has 0 aliphatic carbocycles. The van der Waals surface area contributed by atoms with Crippen molar-refractivity contribution in [2.45, 2.75) is 52.7 Å². The number of carbonyl (C=O) groups is 1. The first-order chi connectivity index (χ1) is 7.55. The van der Waals surface area contributed by atoms with Gasteiger partial charge in [-0.1, -0.05) is 13.8 Å². The highest BCUT2D eigenvalue weighted by Crippen LogP contribution is 2.26. The van der Waals surface area contributed by atoms with Crippen LogP contribution in [0.5, 0.6) is 0 Å². The lowest BCUT2D eigenvalue weighted by atomic mass is 9.83. The zero-order valence-electron chi connectivity index (χ0n) is 11.0. The fourth-order valence-corrected chi connectivity index (χ4v) is 2.54. The summed E-state index contributed by atoms with van der Waals surface area (Å²) in [6.45, 7) is 11.2. The zero-order valence-corrected chi connectivity index (χ0v) is 11.0. The van der Waals surface area contributed by atoms with Gasteiger partial charge in [0.05, 0.1) is 12.2 Å². The van der Waals surface area contributed by atoms with E-state index in [-0.39, 0.29) is 17.6 Å². The Morgan fingerprint density at radius 1 is 1.25 bits per heavy atom. The van der Waals surface area contributed by atoms with Crippen LogP contribution in [0.15, 0.2) is 0 Å². The Labute approximate surface area is 99.1 Å². The molecule has 94 valence electrons. The lowest BCUT2D eigenvalue weighted by Gasteiger charge is -2.39. The molecule has 3 heteroatoms. The summed E-state index contributed by atoms with van der Waals surface area (Å²) in [5.74, 6) is 0. The number of hydrogen-bond acceptors (Lipinski definition) is 3. The van der Waals surface area contributed by atoms with Crippen LogP contribution < -0.4 is 0 Å². The average molecular weight is 227 g/mol. The van der Waals surface area contributed by atoms with E-state index in [1.807, 2.05) is 0 Å². The van der Waals surface area contributed by atoms with Gasteiger partial charge in [0.15, 0.2) is 0 Å². The molecule has 1 aliphatic rings. The predicted molar refractivity (Wildman–Crippen MR) is 65.5 cm³/mol. The molecule has 1 fully saturated rings. The first-order valence-corrected chi connectivity index (χ1v) is 6.39. The van der Waals surface area contributed by atoms with Crippen LogP contribution in [0.3, 0.4) is 0 Å². The normalized spacial score (nSPS) is 28.0. The van der Waals surface area contributed by atoms with Crippen molar-refractivity contribution >= 4 is 6.29 Å². The van der Waals surface area contributed by atoms with E-state index in [0.717, 1.165) is 38.8 Å². The Balaban J connectivity index is 2.60. The Bertz CT molecular complexity index is 216. The number of carbonyl (C=O) groups excluding carboxylic acids is 1. The van der Waals surface area contributed by atoms with Gasteiger partial charge in [-0.3, -0.25) is 4.90 Å². The predicted octanol–water partition coefficient (Wildman–Crippen LogP) is 2.10. The maximum atomic E-state index is 11.3. The van der Waals surface area contributed by atoms with E-state index in [1.54, 1.807) is 0 Å². The Morgan fingerprint density at radius 2 is 1.75 bits per heavy atom. The van der Waals surface area contributed by atoms with E-state index in [0.29, 0.717) is 0 Å². The quantitative estimate of drug-likeness (QED) is 0.674. The van der Waals surface area contributed by atoms with Crippen LogP contribution >= 0.6 is 0 Å². The smallest absolute Gasteiger partial charge is 0.127 e. The fraction of sp³-hybridized carbons (Fsp3) is 0.923. The van der Waals surface area contributed by atoms with Crippen molar-refractivity contribution in [3.8, 4) is 0 Å². The lowest BCUT2D eigenvalue weighted by Crippen LogP contribution is -2.49. The molecule has 2 unspecified atom stereocenters. The Hall–Kier alpha value is -0.410. The molecule has 0 saturated carbocycles. The van der Waals surface area contributed by atoms with Crippen molar-refractivity contribution in [2.24, 2.45) is 5.41 Å². The van der Waals surface area contributed by atoms with Gasteiger partial charge in [0, 0.05) is 25.0 Å². The summed E-state index contributed by atoms with van der Waals surface area (Å²) in [4.78, 5) is 13.6. The minimum atomic E-state index is -0.156. The molecule has 3 nitrogen and oxygen atoms in total. The fourth-order valence-electron chi connectivity index (χ4n) is 2.54. The molecule has 0 aromatic rings. The second-order valence-corrected chi connectivity index (χ2v) is 5.14. The maximum Gasteiger partial charge on any atom is 0.127 e. The van der Waals surface area contributed by atoms with Gasteiger partial charge in [-0.05, 0) is 26.7 Å². The van der Waals surface area contributed by atoms with Crippen molar-refractivity contribution in [3.63, 3.8) is 0 Å². The summed E-state index contributed by atoms with van der Waals surface area (Å²) in [5.41, 5.74) is -0.156. The van der Waals surface area contributed by atoms with Crippen LogP contribution in [-0.2, 0) is 9.53 Å². The third-order valence-electron chi connectivity index (χ3n) is 3.69. The zero-order chi connectivity index (χ0) is 12.2. The highest BCUT2D eigenvalue weighted by Gasteiger charge is 2.31. The highest BCUT2D eigenvalue weighted by atomic mass is 16.5. The van der Waals surface area contributed by atoms with Gasteiger partial charge in [-0.25, -0.2) is 0 Å². The van der Waals surface area contributed by atoms with Crippen molar-refractivity contribution < 1.29 is 9.53 Å². The molecule has 1 saturated heterocycles. The van der Waals surface area contributed by atoms with Gasteiger partial charge in [0.25, 0.3) is 0 Å². The Kier molecular flexibility index (Phi) is 4.93. The van der Waals surface area contributed by atoms with E-state index < -0.39 is 0 Å². The number of aldehydes is 1. The molecule has 0 spiro atoms. The van der Waals surface area contributed by atoms with E-state index in [1.165, 1.54) is 0 Å². The number of hydrogen-bond donors (Lipinski definition) is 0. The van der Waals surface area contributed by atoms with Crippen LogP contribution in [-0.4, -0.2) is 43.0 Å². The molecular formula is C13H25NO2. The van der Waals surface area contributed by atoms with E-state index in [9.17, 15) is 4.79 Å². The highest BCUT2D eigenvalue weighted by molar-refractivity contribution is 5.59. The molecule has 2 atom stereocenters. The van der Waals surface area contributed by atoms with Gasteiger partial charge in [-0.15, -0.1) is 0 Å². The van der Waals surface area contributed by atoms with Crippen molar-refractivity contribution in [3.05, 3.63) is 0 Å². The monoisotopic (exact) mass is 227 g/mol. The van der Waals surface area contributed by atoms with Crippen LogP contribution in [0.2, 0.25) is 0 Å². The van der Waals surface area contributed by atoms with Gasteiger partial charge >= 0.3 is 0 Å². The molecule has 0 aromatic carbocycles. The van der Waals surface area contributed by atoms with Crippen LogP contribution in [0.4, 0.5) is 0 Å². The molecule has 1 heterocycles. The number of nitrogens with zero attached hydrogens (tertiary/aromatic N) is 1. The maximum absolute atomic E-state index is 11.3. The molecule has 1 aliphatic heterocycles. The lowest BCUT2D eigenvalue weighted by molar-refractivity contribution is -0.121. The topological polar surface area (TPSA) is 29.5 Å². The van der Waals surface area contributed by atoms with Gasteiger partial charge in [-0.2, -0.15) is 0 Å². The first kappa shape index (κ1) is 13.7. The van der Waals surface area contributed by atoms with E-state index in [2.05, 4.69) is 32.6 Å². The number of morpholine rings is 1. The SMILES string of the molecule is CCC(C=O)(CC)CN1CC(C)OC(C)C1. The van der Waals surface area contributed by atoms with Gasteiger partial charge < -0.3 is 9.53 Å². The second-order valence-electron chi connectivity index (χ2n) is 5.14. The molecule has 0 radical (unpaired) electrons. The minimum absolute atomic E-state index is 0.156. The van der Waals surface area contributed by atoms with Gasteiger partial charge in [0.1, 0.15) is 6.29 Å². The van der Waals surface area contributed by atoms with Crippen LogP contribution in [0.1, 0.15) is 40.5 Å². The van der Waals surface area contributed by atoms with E-state index in [4.69, 9.17) is 4.74 Å². The van der Waals surface area contributed by atoms with Gasteiger partial charge in [0.2, 0.25) is 0 Å². The van der Waals surface area contributed by atoms with Crippen molar-refractivity contribution in [1.29, 1.82) is 0 Å². The number of rotatable bonds is 5. The van der Waals surface area contributed by atoms with Crippen LogP contribution in [0, 0.1) is 5.41 Å². The van der Waals surface area contributed by atoms with E-state index >= 15 is 0 Å². The first-order valence-electron chi connectivity index (χ1n) is 6.39. The molecule has 16 heavy (non-hydrogen) atoms. The van der Waals surface area contributed by atoms with Crippen molar-refractivity contribution in [1.82, 2.24) is 4.90 Å². The third-order valence-corrected chi connectivity index (χ3v) is 3.69. The van der Waals surface area contributed by atoms with Crippen molar-refractivity contribution in [2.75, 3.05) is 19.6 Å². The summed E-state index contributed by atoms with van der Waals surface area (Å²) >= 11 is 0.